The Hall–Kier alpha value is -2.81. The number of pyridine rings is 1. The molecule has 2 heterocycles. The van der Waals surface area contributed by atoms with E-state index >= 15 is 0 Å². The number of nitrogens with zero attached hydrogens (tertiary/aromatic N) is 3. The molecule has 0 saturated heterocycles. The molecule has 1 aromatic carbocycles. The molecule has 6 nitrogen and oxygen atoms in total. The number of fused-ring (bicyclic) bond motifs is 1. The number of halogens is 3. The lowest BCUT2D eigenvalue weighted by Crippen LogP contribution is -2.33. The molecule has 2 aromatic rings. The molecule has 1 unspecified atom stereocenters. The van der Waals surface area contributed by atoms with Crippen molar-refractivity contribution in [3.8, 4) is 0 Å². The monoisotopic (exact) mass is 353 g/mol. The molecule has 1 aliphatic heterocycles. The summed E-state index contributed by atoms with van der Waals surface area (Å²) in [4.78, 5) is 17.6. The van der Waals surface area contributed by atoms with Crippen molar-refractivity contribution in [2.75, 3.05) is 24.1 Å². The molecular formula is C16H14F3N3O3. The SMILES string of the molecule is COC(=O)c1cccnc1C1N(C)c2ccc(C(F)(F)F)cc2N1O. The average molecular weight is 353 g/mol. The van der Waals surface area contributed by atoms with Crippen molar-refractivity contribution in [3.05, 3.63) is 53.3 Å². The lowest BCUT2D eigenvalue weighted by Gasteiger charge is -2.26. The molecule has 0 amide bonds. The number of hydrogen-bond acceptors (Lipinski definition) is 6. The van der Waals surface area contributed by atoms with Crippen LogP contribution in [-0.2, 0) is 10.9 Å². The first-order valence-electron chi connectivity index (χ1n) is 7.21. The summed E-state index contributed by atoms with van der Waals surface area (Å²) in [5.41, 5.74) is -0.242. The number of methoxy groups -OCH3 is 1. The zero-order valence-corrected chi connectivity index (χ0v) is 13.3. The number of aromatic nitrogens is 1. The van der Waals surface area contributed by atoms with Gasteiger partial charge in [-0.25, -0.2) is 9.86 Å². The van der Waals surface area contributed by atoms with Gasteiger partial charge in [-0.05, 0) is 30.3 Å². The van der Waals surface area contributed by atoms with E-state index in [1.807, 2.05) is 0 Å². The van der Waals surface area contributed by atoms with Gasteiger partial charge >= 0.3 is 12.1 Å². The van der Waals surface area contributed by atoms with Gasteiger partial charge in [0.15, 0.2) is 6.17 Å². The van der Waals surface area contributed by atoms with Crippen LogP contribution >= 0.6 is 0 Å². The summed E-state index contributed by atoms with van der Waals surface area (Å²) in [6.45, 7) is 0. The smallest absolute Gasteiger partial charge is 0.416 e. The number of ether oxygens (including phenoxy) is 1. The summed E-state index contributed by atoms with van der Waals surface area (Å²) < 4.78 is 43.5. The lowest BCUT2D eigenvalue weighted by atomic mass is 10.1. The molecule has 1 N–H and O–H groups in total. The molecule has 0 aliphatic carbocycles. The summed E-state index contributed by atoms with van der Waals surface area (Å²) in [6.07, 6.45) is -4.07. The molecular weight excluding hydrogens is 339 g/mol. The lowest BCUT2D eigenvalue weighted by molar-refractivity contribution is -0.137. The van der Waals surface area contributed by atoms with Crippen LogP contribution in [0.4, 0.5) is 24.5 Å². The molecule has 1 aliphatic rings. The van der Waals surface area contributed by atoms with E-state index in [-0.39, 0.29) is 16.9 Å². The van der Waals surface area contributed by atoms with E-state index in [2.05, 4.69) is 4.98 Å². The summed E-state index contributed by atoms with van der Waals surface area (Å²) in [5.74, 6) is -0.656. The normalized spacial score (nSPS) is 16.8. The fourth-order valence-electron chi connectivity index (χ4n) is 2.81. The van der Waals surface area contributed by atoms with Gasteiger partial charge in [-0.1, -0.05) is 0 Å². The molecule has 0 radical (unpaired) electrons. The molecule has 3 rings (SSSR count). The highest BCUT2D eigenvalue weighted by Crippen LogP contribution is 2.46. The van der Waals surface area contributed by atoms with Crippen LogP contribution in [0, 0.1) is 0 Å². The first kappa shape index (κ1) is 17.0. The zero-order chi connectivity index (χ0) is 18.4. The third-order valence-electron chi connectivity index (χ3n) is 4.02. The highest BCUT2D eigenvalue weighted by atomic mass is 19.4. The minimum absolute atomic E-state index is 0.0243. The predicted molar refractivity (Wildman–Crippen MR) is 82.4 cm³/mol. The number of alkyl halides is 3. The van der Waals surface area contributed by atoms with Crippen LogP contribution in [0.5, 0.6) is 0 Å². The molecule has 1 atom stereocenters. The van der Waals surface area contributed by atoms with Crippen LogP contribution in [-0.4, -0.2) is 30.3 Å². The topological polar surface area (TPSA) is 65.9 Å². The van der Waals surface area contributed by atoms with Gasteiger partial charge < -0.3 is 9.64 Å². The number of esters is 1. The summed E-state index contributed by atoms with van der Waals surface area (Å²) in [7, 11) is 2.79. The summed E-state index contributed by atoms with van der Waals surface area (Å²) >= 11 is 0. The van der Waals surface area contributed by atoms with Crippen LogP contribution in [0.3, 0.4) is 0 Å². The molecule has 0 bridgehead atoms. The highest BCUT2D eigenvalue weighted by Gasteiger charge is 2.40. The molecule has 0 fully saturated rings. The number of carbonyl (C=O) groups is 1. The second kappa shape index (κ2) is 5.92. The standard InChI is InChI=1S/C16H14F3N3O3/c1-21-11-6-5-9(16(17,18)19)8-12(11)22(24)14(21)13-10(15(23)25-2)4-3-7-20-13/h3-8,14,24H,1-2H3. The Balaban J connectivity index is 2.08. The number of hydrogen-bond donors (Lipinski definition) is 1. The number of benzene rings is 1. The van der Waals surface area contributed by atoms with Crippen molar-refractivity contribution in [2.45, 2.75) is 12.3 Å². The maximum Gasteiger partial charge on any atom is 0.416 e. The molecule has 132 valence electrons. The van der Waals surface area contributed by atoms with Gasteiger partial charge in [0.2, 0.25) is 0 Å². The van der Waals surface area contributed by atoms with Gasteiger partial charge in [-0.2, -0.15) is 13.2 Å². The van der Waals surface area contributed by atoms with Gasteiger partial charge in [-0.3, -0.25) is 10.2 Å². The van der Waals surface area contributed by atoms with E-state index in [0.29, 0.717) is 10.8 Å². The summed E-state index contributed by atoms with van der Waals surface area (Å²) in [5, 5.41) is 11.1. The van der Waals surface area contributed by atoms with Crippen LogP contribution in [0.25, 0.3) is 0 Å². The van der Waals surface area contributed by atoms with Crippen LogP contribution in [0.2, 0.25) is 0 Å². The Morgan fingerprint density at radius 3 is 2.64 bits per heavy atom. The molecule has 0 spiro atoms. The van der Waals surface area contributed by atoms with E-state index in [0.717, 1.165) is 12.1 Å². The Morgan fingerprint density at radius 1 is 1.28 bits per heavy atom. The van der Waals surface area contributed by atoms with Crippen molar-refractivity contribution in [1.29, 1.82) is 0 Å². The first-order chi connectivity index (χ1) is 11.8. The minimum atomic E-state index is -4.53. The van der Waals surface area contributed by atoms with Crippen molar-refractivity contribution in [3.63, 3.8) is 0 Å². The second-order valence-electron chi connectivity index (χ2n) is 5.46. The fraction of sp³-hybridized carbons (Fsp3) is 0.250. The van der Waals surface area contributed by atoms with Crippen LogP contribution in [0.1, 0.15) is 27.8 Å². The van der Waals surface area contributed by atoms with Crippen LogP contribution < -0.4 is 9.96 Å². The van der Waals surface area contributed by atoms with E-state index in [1.165, 1.54) is 36.4 Å². The number of rotatable bonds is 2. The van der Waals surface area contributed by atoms with E-state index in [1.54, 1.807) is 7.05 Å². The highest BCUT2D eigenvalue weighted by molar-refractivity contribution is 5.91. The molecule has 25 heavy (non-hydrogen) atoms. The Morgan fingerprint density at radius 2 is 2.00 bits per heavy atom. The van der Waals surface area contributed by atoms with E-state index in [4.69, 9.17) is 4.74 Å². The minimum Gasteiger partial charge on any atom is -0.465 e. The Kier molecular flexibility index (Phi) is 4.03. The third kappa shape index (κ3) is 2.76. The Labute approximate surface area is 141 Å². The van der Waals surface area contributed by atoms with Gasteiger partial charge in [0.1, 0.15) is 5.69 Å². The number of carbonyl (C=O) groups excluding carboxylic acids is 1. The molecule has 1 aromatic heterocycles. The van der Waals surface area contributed by atoms with Crippen LogP contribution in [0.15, 0.2) is 36.5 Å². The zero-order valence-electron chi connectivity index (χ0n) is 13.3. The number of hydroxylamine groups is 1. The largest absolute Gasteiger partial charge is 0.465 e. The van der Waals surface area contributed by atoms with E-state index in [9.17, 15) is 23.2 Å². The molecule has 0 saturated carbocycles. The molecule has 9 heteroatoms. The first-order valence-corrected chi connectivity index (χ1v) is 7.21. The maximum atomic E-state index is 12.9. The van der Waals surface area contributed by atoms with Crippen molar-refractivity contribution in [2.24, 2.45) is 0 Å². The quantitative estimate of drug-likeness (QED) is 0.837. The van der Waals surface area contributed by atoms with Gasteiger partial charge in [-0.15, -0.1) is 0 Å². The van der Waals surface area contributed by atoms with E-state index < -0.39 is 23.9 Å². The predicted octanol–water partition coefficient (Wildman–Crippen LogP) is 3.23. The van der Waals surface area contributed by atoms with Crippen molar-refractivity contribution < 1.29 is 27.9 Å². The average Bonchev–Trinajstić information content (AvgIpc) is 2.84. The Bertz CT molecular complexity index is 826. The number of anilines is 2. The second-order valence-corrected chi connectivity index (χ2v) is 5.46. The van der Waals surface area contributed by atoms with Gasteiger partial charge in [0, 0.05) is 13.2 Å². The maximum absolute atomic E-state index is 12.9. The van der Waals surface area contributed by atoms with Crippen molar-refractivity contribution in [1.82, 2.24) is 4.98 Å². The van der Waals surface area contributed by atoms with Crippen molar-refractivity contribution >= 4 is 17.3 Å². The summed E-state index contributed by atoms with van der Waals surface area (Å²) in [6, 6.07) is 6.06. The third-order valence-corrected chi connectivity index (χ3v) is 4.02. The van der Waals surface area contributed by atoms with Gasteiger partial charge in [0.25, 0.3) is 0 Å². The fourth-order valence-corrected chi connectivity index (χ4v) is 2.81. The van der Waals surface area contributed by atoms with Gasteiger partial charge in [0.05, 0.1) is 29.6 Å².